The quantitative estimate of drug-likeness (QED) is 0.591. The number of rotatable bonds is 2. The van der Waals surface area contributed by atoms with Crippen LogP contribution in [0.15, 0.2) is 12.2 Å². The molecule has 0 N–H and O–H groups in total. The summed E-state index contributed by atoms with van der Waals surface area (Å²) >= 11 is 0. The van der Waals surface area contributed by atoms with Gasteiger partial charge in [0.15, 0.2) is 0 Å². The topological polar surface area (TPSA) is 26.3 Å². The number of ether oxygens (including phenoxy) is 1. The van der Waals surface area contributed by atoms with E-state index < -0.39 is 0 Å². The first-order valence-electron chi connectivity index (χ1n) is 4.43. The smallest absolute Gasteiger partial charge is 0.330 e. The summed E-state index contributed by atoms with van der Waals surface area (Å²) in [4.78, 5) is 10.9. The molecule has 0 aromatic heterocycles. The van der Waals surface area contributed by atoms with Gasteiger partial charge in [0.2, 0.25) is 0 Å². The van der Waals surface area contributed by atoms with Crippen molar-refractivity contribution in [2.45, 2.75) is 39.7 Å². The first-order chi connectivity index (χ1) is 5.56. The number of cyclic esters (lactones) is 1. The van der Waals surface area contributed by atoms with Gasteiger partial charge in [0.05, 0.1) is 0 Å². The molecule has 1 aliphatic rings. The normalized spacial score (nSPS) is 23.9. The zero-order chi connectivity index (χ0) is 9.19. The molecule has 68 valence electrons. The van der Waals surface area contributed by atoms with E-state index in [9.17, 15) is 4.79 Å². The van der Waals surface area contributed by atoms with Crippen molar-refractivity contribution >= 4 is 5.97 Å². The summed E-state index contributed by atoms with van der Waals surface area (Å²) in [6.45, 7) is 6.38. The standard InChI is InChI=1S/C10H16O2/c1-4-10(2,3)8-6-5-7-9(11)12-8/h5,7-8H,4,6H2,1-3H3. The Kier molecular flexibility index (Phi) is 2.55. The molecule has 0 saturated carbocycles. The molecular weight excluding hydrogens is 152 g/mol. The van der Waals surface area contributed by atoms with Crippen LogP contribution in [0.2, 0.25) is 0 Å². The largest absolute Gasteiger partial charge is 0.458 e. The predicted octanol–water partition coefficient (Wildman–Crippen LogP) is 2.29. The molecule has 0 radical (unpaired) electrons. The lowest BCUT2D eigenvalue weighted by atomic mass is 9.81. The third kappa shape index (κ3) is 1.87. The van der Waals surface area contributed by atoms with Gasteiger partial charge in [0.1, 0.15) is 6.10 Å². The van der Waals surface area contributed by atoms with Crippen molar-refractivity contribution in [1.82, 2.24) is 0 Å². The Bertz CT molecular complexity index is 204. The number of carbonyl (C=O) groups is 1. The van der Waals surface area contributed by atoms with Gasteiger partial charge in [-0.1, -0.05) is 26.8 Å². The summed E-state index contributed by atoms with van der Waals surface area (Å²) in [5, 5.41) is 0. The van der Waals surface area contributed by atoms with E-state index in [1.54, 1.807) is 0 Å². The van der Waals surface area contributed by atoms with E-state index in [-0.39, 0.29) is 17.5 Å². The summed E-state index contributed by atoms with van der Waals surface area (Å²) in [5.74, 6) is -0.201. The van der Waals surface area contributed by atoms with Crippen molar-refractivity contribution in [2.75, 3.05) is 0 Å². The molecule has 1 atom stereocenters. The highest BCUT2D eigenvalue weighted by Gasteiger charge is 2.31. The van der Waals surface area contributed by atoms with Gasteiger partial charge >= 0.3 is 5.97 Å². The zero-order valence-corrected chi connectivity index (χ0v) is 7.96. The maximum atomic E-state index is 10.9. The highest BCUT2D eigenvalue weighted by atomic mass is 16.5. The molecule has 12 heavy (non-hydrogen) atoms. The van der Waals surface area contributed by atoms with Crippen LogP contribution in [0, 0.1) is 5.41 Å². The van der Waals surface area contributed by atoms with E-state index in [0.29, 0.717) is 0 Å². The van der Waals surface area contributed by atoms with Crippen molar-refractivity contribution in [3.8, 4) is 0 Å². The van der Waals surface area contributed by atoms with Crippen LogP contribution in [0.3, 0.4) is 0 Å². The molecule has 0 spiro atoms. The maximum Gasteiger partial charge on any atom is 0.330 e. The second-order valence-corrected chi connectivity index (χ2v) is 3.91. The van der Waals surface area contributed by atoms with Gasteiger partial charge < -0.3 is 4.74 Å². The molecule has 1 aliphatic heterocycles. The van der Waals surface area contributed by atoms with Crippen LogP contribution in [-0.2, 0) is 9.53 Å². The zero-order valence-electron chi connectivity index (χ0n) is 7.96. The molecule has 0 aliphatic carbocycles. The fraction of sp³-hybridized carbons (Fsp3) is 0.700. The van der Waals surface area contributed by atoms with Crippen molar-refractivity contribution in [3.05, 3.63) is 12.2 Å². The molecule has 2 heteroatoms. The van der Waals surface area contributed by atoms with Crippen LogP contribution in [-0.4, -0.2) is 12.1 Å². The van der Waals surface area contributed by atoms with Crippen LogP contribution in [0.25, 0.3) is 0 Å². The van der Waals surface area contributed by atoms with Crippen LogP contribution in [0.4, 0.5) is 0 Å². The van der Waals surface area contributed by atoms with Gasteiger partial charge in [-0.05, 0) is 6.42 Å². The van der Waals surface area contributed by atoms with Gasteiger partial charge in [0, 0.05) is 17.9 Å². The van der Waals surface area contributed by atoms with E-state index in [1.807, 2.05) is 6.08 Å². The van der Waals surface area contributed by atoms with Crippen LogP contribution in [0.5, 0.6) is 0 Å². The first-order valence-corrected chi connectivity index (χ1v) is 4.43. The molecule has 1 heterocycles. The third-order valence-electron chi connectivity index (χ3n) is 2.65. The molecule has 1 unspecified atom stereocenters. The number of hydrogen-bond acceptors (Lipinski definition) is 2. The Hall–Kier alpha value is -0.790. The highest BCUT2D eigenvalue weighted by Crippen LogP contribution is 2.31. The Morgan fingerprint density at radius 1 is 1.67 bits per heavy atom. The molecule has 0 aromatic carbocycles. The van der Waals surface area contributed by atoms with E-state index >= 15 is 0 Å². The van der Waals surface area contributed by atoms with Crippen molar-refractivity contribution in [3.63, 3.8) is 0 Å². The Morgan fingerprint density at radius 2 is 2.33 bits per heavy atom. The number of carbonyl (C=O) groups excluding carboxylic acids is 1. The summed E-state index contributed by atoms with van der Waals surface area (Å²) in [5.41, 5.74) is 0.0976. The van der Waals surface area contributed by atoms with Gasteiger partial charge in [-0.15, -0.1) is 0 Å². The molecular formula is C10H16O2. The van der Waals surface area contributed by atoms with E-state index in [4.69, 9.17) is 4.74 Å². The fourth-order valence-corrected chi connectivity index (χ4v) is 1.22. The van der Waals surface area contributed by atoms with Gasteiger partial charge in [-0.25, -0.2) is 4.79 Å². The van der Waals surface area contributed by atoms with Crippen LogP contribution in [0.1, 0.15) is 33.6 Å². The van der Waals surface area contributed by atoms with Gasteiger partial charge in [-0.3, -0.25) is 0 Å². The lowest BCUT2D eigenvalue weighted by Gasteiger charge is -2.33. The van der Waals surface area contributed by atoms with Crippen LogP contribution >= 0.6 is 0 Å². The lowest BCUT2D eigenvalue weighted by molar-refractivity contribution is -0.150. The summed E-state index contributed by atoms with van der Waals surface area (Å²) < 4.78 is 5.22. The van der Waals surface area contributed by atoms with E-state index in [1.165, 1.54) is 6.08 Å². The van der Waals surface area contributed by atoms with E-state index in [2.05, 4.69) is 20.8 Å². The highest BCUT2D eigenvalue weighted by molar-refractivity contribution is 5.82. The Morgan fingerprint density at radius 3 is 2.83 bits per heavy atom. The van der Waals surface area contributed by atoms with E-state index in [0.717, 1.165) is 12.8 Å². The minimum atomic E-state index is -0.201. The molecule has 1 rings (SSSR count). The van der Waals surface area contributed by atoms with Gasteiger partial charge in [0.25, 0.3) is 0 Å². The SMILES string of the molecule is CCC(C)(C)C1CC=CC(=O)O1. The lowest BCUT2D eigenvalue weighted by Crippen LogP contribution is -2.34. The second-order valence-electron chi connectivity index (χ2n) is 3.91. The molecule has 0 aromatic rings. The summed E-state index contributed by atoms with van der Waals surface area (Å²) in [6.07, 6.45) is 5.33. The summed E-state index contributed by atoms with van der Waals surface area (Å²) in [6, 6.07) is 0. The summed E-state index contributed by atoms with van der Waals surface area (Å²) in [7, 11) is 0. The predicted molar refractivity (Wildman–Crippen MR) is 47.7 cm³/mol. The molecule has 0 bridgehead atoms. The number of hydrogen-bond donors (Lipinski definition) is 0. The van der Waals surface area contributed by atoms with Crippen LogP contribution < -0.4 is 0 Å². The second kappa shape index (κ2) is 3.30. The molecule has 2 nitrogen and oxygen atoms in total. The first kappa shape index (κ1) is 9.30. The average molecular weight is 168 g/mol. The van der Waals surface area contributed by atoms with Crippen molar-refractivity contribution in [2.24, 2.45) is 5.41 Å². The minimum Gasteiger partial charge on any atom is -0.458 e. The maximum absolute atomic E-state index is 10.9. The average Bonchev–Trinajstić information content (AvgIpc) is 2.05. The van der Waals surface area contributed by atoms with Gasteiger partial charge in [-0.2, -0.15) is 0 Å². The molecule has 0 amide bonds. The fourth-order valence-electron chi connectivity index (χ4n) is 1.22. The van der Waals surface area contributed by atoms with Crippen molar-refractivity contribution in [1.29, 1.82) is 0 Å². The molecule has 0 fully saturated rings. The van der Waals surface area contributed by atoms with Crippen molar-refractivity contribution < 1.29 is 9.53 Å². The third-order valence-corrected chi connectivity index (χ3v) is 2.65. The minimum absolute atomic E-state index is 0.0556. The Labute approximate surface area is 73.6 Å². The monoisotopic (exact) mass is 168 g/mol. The Balaban J connectivity index is 2.65. The molecule has 0 saturated heterocycles. The number of esters is 1.